The Morgan fingerprint density at radius 2 is 1.88 bits per heavy atom. The summed E-state index contributed by atoms with van der Waals surface area (Å²) in [4.78, 5) is 27.1. The van der Waals surface area contributed by atoms with Crippen molar-refractivity contribution in [1.82, 2.24) is 9.80 Å². The first-order valence-electron chi connectivity index (χ1n) is 6.38. The van der Waals surface area contributed by atoms with Gasteiger partial charge in [-0.1, -0.05) is 6.42 Å². The molecule has 4 nitrogen and oxygen atoms in total. The zero-order valence-electron chi connectivity index (χ0n) is 10.6. The van der Waals surface area contributed by atoms with Gasteiger partial charge in [0.25, 0.3) is 11.8 Å². The number of carbonyl (C=O) groups excluding carboxylic acids is 2. The highest BCUT2D eigenvalue weighted by Gasteiger charge is 2.30. The molecule has 94 valence electrons. The van der Waals surface area contributed by atoms with Crippen molar-refractivity contribution in [3.63, 3.8) is 0 Å². The summed E-state index contributed by atoms with van der Waals surface area (Å²) in [5.74, 6) is -0.282. The van der Waals surface area contributed by atoms with Crippen molar-refractivity contribution in [3.8, 4) is 0 Å². The van der Waals surface area contributed by atoms with Crippen LogP contribution in [-0.2, 0) is 9.59 Å². The number of nitrogens with zero attached hydrogens (tertiary/aromatic N) is 2. The molecule has 0 bridgehead atoms. The number of piperidine rings is 1. The standard InChI is InChI=1S/C13H20N2O2/c1-10-8-12(16)15(13(10)17)9-11(2)14-6-4-3-5-7-14/h8,11H,3-7,9H2,1-2H3. The Morgan fingerprint density at radius 3 is 2.41 bits per heavy atom. The van der Waals surface area contributed by atoms with Crippen LogP contribution in [0.1, 0.15) is 33.1 Å². The third kappa shape index (κ3) is 2.57. The van der Waals surface area contributed by atoms with Crippen LogP contribution in [0.25, 0.3) is 0 Å². The summed E-state index contributed by atoms with van der Waals surface area (Å²) >= 11 is 0. The highest BCUT2D eigenvalue weighted by molar-refractivity contribution is 6.15. The van der Waals surface area contributed by atoms with E-state index in [0.29, 0.717) is 12.1 Å². The van der Waals surface area contributed by atoms with Gasteiger partial charge in [0.15, 0.2) is 0 Å². The van der Waals surface area contributed by atoms with E-state index in [4.69, 9.17) is 0 Å². The van der Waals surface area contributed by atoms with Crippen molar-refractivity contribution < 1.29 is 9.59 Å². The Labute approximate surface area is 102 Å². The van der Waals surface area contributed by atoms with E-state index in [1.54, 1.807) is 6.92 Å². The van der Waals surface area contributed by atoms with Crippen LogP contribution in [0.2, 0.25) is 0 Å². The van der Waals surface area contributed by atoms with E-state index in [2.05, 4.69) is 11.8 Å². The van der Waals surface area contributed by atoms with E-state index in [1.165, 1.54) is 30.2 Å². The monoisotopic (exact) mass is 236 g/mol. The fraction of sp³-hybridized carbons (Fsp3) is 0.692. The lowest BCUT2D eigenvalue weighted by Crippen LogP contribution is -2.46. The van der Waals surface area contributed by atoms with Crippen LogP contribution in [-0.4, -0.2) is 47.3 Å². The number of hydrogen-bond donors (Lipinski definition) is 0. The molecule has 1 saturated heterocycles. The first kappa shape index (κ1) is 12.3. The second kappa shape index (κ2) is 5.00. The molecular weight excluding hydrogens is 216 g/mol. The summed E-state index contributed by atoms with van der Waals surface area (Å²) in [7, 11) is 0. The molecule has 0 aliphatic carbocycles. The predicted octanol–water partition coefficient (Wildman–Crippen LogP) is 1.18. The number of amides is 2. The molecule has 0 spiro atoms. The van der Waals surface area contributed by atoms with Gasteiger partial charge in [-0.3, -0.25) is 19.4 Å². The molecule has 1 fully saturated rings. The molecule has 2 rings (SSSR count). The molecule has 0 radical (unpaired) electrons. The molecule has 2 amide bonds. The molecule has 2 aliphatic rings. The van der Waals surface area contributed by atoms with E-state index in [9.17, 15) is 9.59 Å². The minimum Gasteiger partial charge on any atom is -0.299 e. The first-order chi connectivity index (χ1) is 8.09. The predicted molar refractivity (Wildman–Crippen MR) is 65.4 cm³/mol. The zero-order valence-corrected chi connectivity index (χ0v) is 10.6. The van der Waals surface area contributed by atoms with Crippen molar-refractivity contribution in [2.75, 3.05) is 19.6 Å². The van der Waals surface area contributed by atoms with Gasteiger partial charge in [0.2, 0.25) is 0 Å². The highest BCUT2D eigenvalue weighted by atomic mass is 16.2. The van der Waals surface area contributed by atoms with Gasteiger partial charge in [0, 0.05) is 24.2 Å². The van der Waals surface area contributed by atoms with Gasteiger partial charge >= 0.3 is 0 Å². The molecule has 4 heteroatoms. The Kier molecular flexibility index (Phi) is 3.62. The van der Waals surface area contributed by atoms with Gasteiger partial charge in [0.05, 0.1) is 0 Å². The van der Waals surface area contributed by atoms with Gasteiger partial charge in [-0.15, -0.1) is 0 Å². The van der Waals surface area contributed by atoms with E-state index in [1.807, 2.05) is 0 Å². The lowest BCUT2D eigenvalue weighted by atomic mass is 10.1. The first-order valence-corrected chi connectivity index (χ1v) is 6.38. The van der Waals surface area contributed by atoms with Gasteiger partial charge < -0.3 is 0 Å². The van der Waals surface area contributed by atoms with Crippen LogP contribution in [0.5, 0.6) is 0 Å². The number of likely N-dealkylation sites (tertiary alicyclic amines) is 1. The van der Waals surface area contributed by atoms with Crippen LogP contribution >= 0.6 is 0 Å². The Bertz CT molecular complexity index is 356. The minimum absolute atomic E-state index is 0.126. The van der Waals surface area contributed by atoms with Crippen LogP contribution < -0.4 is 0 Å². The fourth-order valence-electron chi connectivity index (χ4n) is 2.55. The number of imide groups is 1. The van der Waals surface area contributed by atoms with E-state index in [-0.39, 0.29) is 17.9 Å². The van der Waals surface area contributed by atoms with E-state index >= 15 is 0 Å². The topological polar surface area (TPSA) is 40.6 Å². The second-order valence-corrected chi connectivity index (χ2v) is 5.03. The molecule has 0 saturated carbocycles. The van der Waals surface area contributed by atoms with E-state index < -0.39 is 0 Å². The second-order valence-electron chi connectivity index (χ2n) is 5.03. The average Bonchev–Trinajstić information content (AvgIpc) is 2.57. The summed E-state index contributed by atoms with van der Waals surface area (Å²) in [6, 6.07) is 0.266. The third-order valence-electron chi connectivity index (χ3n) is 3.65. The normalized spacial score (nSPS) is 24.1. The fourth-order valence-corrected chi connectivity index (χ4v) is 2.55. The molecule has 2 heterocycles. The highest BCUT2D eigenvalue weighted by Crippen LogP contribution is 2.16. The molecule has 0 N–H and O–H groups in total. The van der Waals surface area contributed by atoms with Crippen LogP contribution in [0.4, 0.5) is 0 Å². The Morgan fingerprint density at radius 1 is 1.24 bits per heavy atom. The van der Waals surface area contributed by atoms with Gasteiger partial charge in [0.1, 0.15) is 0 Å². The molecule has 0 aromatic rings. The number of rotatable bonds is 3. The SMILES string of the molecule is CC1=CC(=O)N(CC(C)N2CCCCC2)C1=O. The summed E-state index contributed by atoms with van der Waals surface area (Å²) in [6.45, 7) is 6.49. The van der Waals surface area contributed by atoms with Crippen LogP contribution in [0.15, 0.2) is 11.6 Å². The lowest BCUT2D eigenvalue weighted by Gasteiger charge is -2.34. The van der Waals surface area contributed by atoms with E-state index in [0.717, 1.165) is 13.1 Å². The summed E-state index contributed by atoms with van der Waals surface area (Å²) in [6.07, 6.45) is 5.18. The molecule has 2 aliphatic heterocycles. The van der Waals surface area contributed by atoms with Gasteiger partial charge in [-0.2, -0.15) is 0 Å². The van der Waals surface area contributed by atoms with Crippen LogP contribution in [0.3, 0.4) is 0 Å². The maximum absolute atomic E-state index is 11.8. The van der Waals surface area contributed by atoms with Gasteiger partial charge in [-0.25, -0.2) is 0 Å². The lowest BCUT2D eigenvalue weighted by molar-refractivity contribution is -0.138. The van der Waals surface area contributed by atoms with Crippen molar-refractivity contribution in [2.24, 2.45) is 0 Å². The Balaban J connectivity index is 1.92. The van der Waals surface area contributed by atoms with Gasteiger partial charge in [-0.05, 0) is 39.8 Å². The van der Waals surface area contributed by atoms with Crippen molar-refractivity contribution in [3.05, 3.63) is 11.6 Å². The quantitative estimate of drug-likeness (QED) is 0.691. The number of carbonyl (C=O) groups is 2. The largest absolute Gasteiger partial charge is 0.299 e. The molecular formula is C13H20N2O2. The average molecular weight is 236 g/mol. The third-order valence-corrected chi connectivity index (χ3v) is 3.65. The molecule has 1 unspecified atom stereocenters. The molecule has 0 aromatic heterocycles. The minimum atomic E-state index is -0.156. The molecule has 0 aromatic carbocycles. The van der Waals surface area contributed by atoms with Crippen molar-refractivity contribution >= 4 is 11.8 Å². The molecule has 1 atom stereocenters. The number of hydrogen-bond acceptors (Lipinski definition) is 3. The summed E-state index contributed by atoms with van der Waals surface area (Å²) in [5, 5.41) is 0. The summed E-state index contributed by atoms with van der Waals surface area (Å²) in [5.41, 5.74) is 0.556. The smallest absolute Gasteiger partial charge is 0.256 e. The molecule has 17 heavy (non-hydrogen) atoms. The summed E-state index contributed by atoms with van der Waals surface area (Å²) < 4.78 is 0. The maximum atomic E-state index is 11.8. The Hall–Kier alpha value is -1.16. The zero-order chi connectivity index (χ0) is 12.4. The van der Waals surface area contributed by atoms with Crippen molar-refractivity contribution in [2.45, 2.75) is 39.2 Å². The van der Waals surface area contributed by atoms with Crippen molar-refractivity contribution in [1.29, 1.82) is 0 Å². The van der Waals surface area contributed by atoms with Crippen LogP contribution in [0, 0.1) is 0 Å². The maximum Gasteiger partial charge on any atom is 0.256 e.